The minimum atomic E-state index is -0.229. The number of nitriles is 1. The number of nitrogens with one attached hydrogen (secondary N) is 1. The van der Waals surface area contributed by atoms with Gasteiger partial charge in [-0.15, -0.1) is 0 Å². The maximum absolute atomic E-state index is 12.9. The molecule has 0 spiro atoms. The number of halogens is 1. The summed E-state index contributed by atoms with van der Waals surface area (Å²) in [5, 5.41) is 11.4. The van der Waals surface area contributed by atoms with Gasteiger partial charge in [0, 0.05) is 18.7 Å². The molecule has 0 saturated heterocycles. The molecule has 1 N–H and O–H groups in total. The van der Waals surface area contributed by atoms with E-state index in [4.69, 9.17) is 5.26 Å². The number of unbranched alkanes of at least 4 members (excludes halogenated alkanes) is 1. The van der Waals surface area contributed by atoms with E-state index in [1.165, 1.54) is 12.1 Å². The summed E-state index contributed by atoms with van der Waals surface area (Å²) >= 11 is 0. The molecule has 0 radical (unpaired) electrons. The molecular weight excluding hydrogens is 179 g/mol. The van der Waals surface area contributed by atoms with Crippen LogP contribution in [0.15, 0.2) is 18.2 Å². The lowest BCUT2D eigenvalue weighted by Gasteiger charge is -2.05. The van der Waals surface area contributed by atoms with Crippen molar-refractivity contribution in [3.8, 4) is 6.07 Å². The molecule has 74 valence electrons. The van der Waals surface area contributed by atoms with Crippen molar-refractivity contribution < 1.29 is 4.39 Å². The molecule has 0 aliphatic rings. The summed E-state index contributed by atoms with van der Waals surface area (Å²) in [6, 6.07) is 6.89. The van der Waals surface area contributed by atoms with Crippen LogP contribution in [-0.4, -0.2) is 6.54 Å². The fourth-order valence-electron chi connectivity index (χ4n) is 1.24. The first kappa shape index (κ1) is 10.5. The largest absolute Gasteiger partial charge is 0.385 e. The van der Waals surface area contributed by atoms with Gasteiger partial charge in [0.05, 0.1) is 6.07 Å². The third kappa shape index (κ3) is 3.44. The minimum Gasteiger partial charge on any atom is -0.385 e. The average molecular weight is 192 g/mol. The molecule has 0 unspecified atom stereocenters. The summed E-state index contributed by atoms with van der Waals surface area (Å²) in [6.07, 6.45) is 1.31. The van der Waals surface area contributed by atoms with Gasteiger partial charge < -0.3 is 5.32 Å². The molecule has 0 bridgehead atoms. The van der Waals surface area contributed by atoms with E-state index in [1.807, 2.05) is 13.0 Å². The zero-order chi connectivity index (χ0) is 10.4. The van der Waals surface area contributed by atoms with Gasteiger partial charge in [-0.05, 0) is 37.1 Å². The number of hydrogen-bond donors (Lipinski definition) is 1. The van der Waals surface area contributed by atoms with Crippen LogP contribution in [0.5, 0.6) is 0 Å². The summed E-state index contributed by atoms with van der Waals surface area (Å²) in [5.74, 6) is -0.229. The maximum atomic E-state index is 12.9. The molecule has 1 aromatic carbocycles. The highest BCUT2D eigenvalue weighted by Gasteiger charge is 1.96. The number of anilines is 1. The van der Waals surface area contributed by atoms with Gasteiger partial charge in [0.25, 0.3) is 0 Å². The van der Waals surface area contributed by atoms with E-state index in [0.29, 0.717) is 13.0 Å². The van der Waals surface area contributed by atoms with Gasteiger partial charge in [-0.1, -0.05) is 0 Å². The van der Waals surface area contributed by atoms with Crippen molar-refractivity contribution in [2.24, 2.45) is 0 Å². The van der Waals surface area contributed by atoms with Gasteiger partial charge in [0.1, 0.15) is 5.82 Å². The van der Waals surface area contributed by atoms with E-state index in [2.05, 4.69) is 11.4 Å². The molecule has 14 heavy (non-hydrogen) atoms. The lowest BCUT2D eigenvalue weighted by molar-refractivity contribution is 0.627. The van der Waals surface area contributed by atoms with Crippen molar-refractivity contribution in [2.45, 2.75) is 19.8 Å². The predicted octanol–water partition coefficient (Wildman–Crippen LogP) is 2.85. The molecule has 0 heterocycles. The van der Waals surface area contributed by atoms with E-state index in [0.717, 1.165) is 17.7 Å². The summed E-state index contributed by atoms with van der Waals surface area (Å²) < 4.78 is 12.9. The van der Waals surface area contributed by atoms with E-state index >= 15 is 0 Å². The Labute approximate surface area is 83.4 Å². The standard InChI is InChI=1S/C11H13FN2/c1-9-6-10(12)8-11(7-9)14-5-3-2-4-13/h6-8,14H,2-3,5H2,1H3. The summed E-state index contributed by atoms with van der Waals surface area (Å²) in [5.41, 5.74) is 1.67. The first-order valence-electron chi connectivity index (χ1n) is 4.60. The molecule has 1 rings (SSSR count). The van der Waals surface area contributed by atoms with E-state index < -0.39 is 0 Å². The van der Waals surface area contributed by atoms with Crippen molar-refractivity contribution in [2.75, 3.05) is 11.9 Å². The van der Waals surface area contributed by atoms with Crippen molar-refractivity contribution in [1.82, 2.24) is 0 Å². The number of hydrogen-bond acceptors (Lipinski definition) is 2. The predicted molar refractivity (Wildman–Crippen MR) is 54.5 cm³/mol. The Morgan fingerprint density at radius 2 is 2.21 bits per heavy atom. The van der Waals surface area contributed by atoms with Crippen molar-refractivity contribution in [3.05, 3.63) is 29.6 Å². The molecule has 2 nitrogen and oxygen atoms in total. The molecule has 0 saturated carbocycles. The monoisotopic (exact) mass is 192 g/mol. The topological polar surface area (TPSA) is 35.8 Å². The van der Waals surface area contributed by atoms with Gasteiger partial charge >= 0.3 is 0 Å². The van der Waals surface area contributed by atoms with Crippen molar-refractivity contribution >= 4 is 5.69 Å². The summed E-state index contributed by atoms with van der Waals surface area (Å²) in [6.45, 7) is 2.56. The summed E-state index contributed by atoms with van der Waals surface area (Å²) in [4.78, 5) is 0. The van der Waals surface area contributed by atoms with Gasteiger partial charge in [0.15, 0.2) is 0 Å². The highest BCUT2D eigenvalue weighted by molar-refractivity contribution is 5.45. The Balaban J connectivity index is 2.47. The van der Waals surface area contributed by atoms with Gasteiger partial charge in [-0.25, -0.2) is 4.39 Å². The number of rotatable bonds is 4. The molecule has 0 aromatic heterocycles. The van der Waals surface area contributed by atoms with Crippen LogP contribution in [0.25, 0.3) is 0 Å². The first-order chi connectivity index (χ1) is 6.72. The Bertz CT molecular complexity index is 321. The van der Waals surface area contributed by atoms with Crippen LogP contribution in [-0.2, 0) is 0 Å². The molecule has 3 heteroatoms. The second-order valence-corrected chi connectivity index (χ2v) is 3.21. The van der Waals surface area contributed by atoms with Crippen LogP contribution in [0.1, 0.15) is 18.4 Å². The number of aryl methyl sites for hydroxylation is 1. The number of benzene rings is 1. The van der Waals surface area contributed by atoms with E-state index in [-0.39, 0.29) is 5.82 Å². The van der Waals surface area contributed by atoms with Crippen LogP contribution in [0.4, 0.5) is 10.1 Å². The van der Waals surface area contributed by atoms with Crippen LogP contribution in [0, 0.1) is 24.1 Å². The van der Waals surface area contributed by atoms with Crippen LogP contribution < -0.4 is 5.32 Å². The van der Waals surface area contributed by atoms with Crippen molar-refractivity contribution in [1.29, 1.82) is 5.26 Å². The van der Waals surface area contributed by atoms with E-state index in [1.54, 1.807) is 0 Å². The van der Waals surface area contributed by atoms with Crippen LogP contribution in [0.3, 0.4) is 0 Å². The highest BCUT2D eigenvalue weighted by Crippen LogP contribution is 2.13. The average Bonchev–Trinajstić information content (AvgIpc) is 2.11. The Kier molecular flexibility index (Phi) is 3.93. The van der Waals surface area contributed by atoms with Gasteiger partial charge in [0.2, 0.25) is 0 Å². The second-order valence-electron chi connectivity index (χ2n) is 3.21. The SMILES string of the molecule is Cc1cc(F)cc(NCCCC#N)c1. The molecule has 0 atom stereocenters. The molecule has 0 amide bonds. The Morgan fingerprint density at radius 3 is 2.86 bits per heavy atom. The zero-order valence-corrected chi connectivity index (χ0v) is 8.18. The fourth-order valence-corrected chi connectivity index (χ4v) is 1.24. The number of nitrogens with zero attached hydrogens (tertiary/aromatic N) is 1. The van der Waals surface area contributed by atoms with Crippen LogP contribution >= 0.6 is 0 Å². The lowest BCUT2D eigenvalue weighted by atomic mass is 10.2. The zero-order valence-electron chi connectivity index (χ0n) is 8.18. The summed E-state index contributed by atoms with van der Waals surface area (Å²) in [7, 11) is 0. The maximum Gasteiger partial charge on any atom is 0.125 e. The quantitative estimate of drug-likeness (QED) is 0.744. The first-order valence-corrected chi connectivity index (χ1v) is 4.60. The third-order valence-corrected chi connectivity index (χ3v) is 1.84. The molecule has 0 aliphatic heterocycles. The van der Waals surface area contributed by atoms with Crippen LogP contribution in [0.2, 0.25) is 0 Å². The second kappa shape index (κ2) is 5.23. The van der Waals surface area contributed by atoms with E-state index in [9.17, 15) is 4.39 Å². The molecule has 1 aromatic rings. The highest BCUT2D eigenvalue weighted by atomic mass is 19.1. The molecule has 0 fully saturated rings. The van der Waals surface area contributed by atoms with Gasteiger partial charge in [-0.3, -0.25) is 0 Å². The fraction of sp³-hybridized carbons (Fsp3) is 0.364. The third-order valence-electron chi connectivity index (χ3n) is 1.84. The Morgan fingerprint density at radius 1 is 1.43 bits per heavy atom. The molecular formula is C11H13FN2. The lowest BCUT2D eigenvalue weighted by Crippen LogP contribution is -2.01. The Hall–Kier alpha value is -1.56. The minimum absolute atomic E-state index is 0.229. The normalized spacial score (nSPS) is 9.50. The smallest absolute Gasteiger partial charge is 0.125 e. The van der Waals surface area contributed by atoms with Crippen molar-refractivity contribution in [3.63, 3.8) is 0 Å². The molecule has 0 aliphatic carbocycles. The van der Waals surface area contributed by atoms with Gasteiger partial charge in [-0.2, -0.15) is 5.26 Å².